The number of carboxylic acid groups (broad SMARTS) is 1. The fourth-order valence-electron chi connectivity index (χ4n) is 1.60. The van der Waals surface area contributed by atoms with E-state index in [0.717, 1.165) is 5.56 Å². The lowest BCUT2D eigenvalue weighted by atomic mass is 9.95. The number of nitrogens with one attached hydrogen (secondary N) is 1. The first kappa shape index (κ1) is 15.0. The van der Waals surface area contributed by atoms with Gasteiger partial charge in [-0.3, -0.25) is 4.79 Å². The zero-order valence-corrected chi connectivity index (χ0v) is 11.2. The molecule has 5 heteroatoms. The second kappa shape index (κ2) is 6.78. The van der Waals surface area contributed by atoms with E-state index in [1.165, 1.54) is 0 Å². The number of hydrogen-bond acceptors (Lipinski definition) is 3. The fourth-order valence-corrected chi connectivity index (χ4v) is 1.60. The quantitative estimate of drug-likeness (QED) is 0.828. The molecule has 1 atom stereocenters. The Morgan fingerprint density at radius 3 is 2.47 bits per heavy atom. The van der Waals surface area contributed by atoms with Gasteiger partial charge in [-0.2, -0.15) is 0 Å². The highest BCUT2D eigenvalue weighted by Gasteiger charge is 2.28. The van der Waals surface area contributed by atoms with Crippen molar-refractivity contribution in [3.05, 3.63) is 35.9 Å². The summed E-state index contributed by atoms with van der Waals surface area (Å²) in [5.74, 6) is -0.951. The zero-order chi connectivity index (χ0) is 14.3. The van der Waals surface area contributed by atoms with Crippen LogP contribution < -0.4 is 5.32 Å². The van der Waals surface area contributed by atoms with Crippen LogP contribution in [0.3, 0.4) is 0 Å². The van der Waals surface area contributed by atoms with Crippen LogP contribution in [0, 0.1) is 0 Å². The van der Waals surface area contributed by atoms with Crippen LogP contribution in [0.25, 0.3) is 0 Å². The molecule has 1 rings (SSSR count). The fraction of sp³-hybridized carbons (Fsp3) is 0.429. The molecular formula is C14H19NO4. The van der Waals surface area contributed by atoms with Gasteiger partial charge in [0.25, 0.3) is 0 Å². The lowest BCUT2D eigenvalue weighted by Crippen LogP contribution is -2.47. The minimum absolute atomic E-state index is 0.135. The lowest BCUT2D eigenvalue weighted by Gasteiger charge is -2.27. The third-order valence-electron chi connectivity index (χ3n) is 2.94. The Bertz CT molecular complexity index is 432. The summed E-state index contributed by atoms with van der Waals surface area (Å²) in [6.45, 7) is 3.67. The van der Waals surface area contributed by atoms with E-state index < -0.39 is 17.6 Å². The third kappa shape index (κ3) is 5.42. The molecule has 1 amide bonds. The van der Waals surface area contributed by atoms with Gasteiger partial charge in [0.1, 0.15) is 6.61 Å². The first-order chi connectivity index (χ1) is 8.95. The van der Waals surface area contributed by atoms with Gasteiger partial charge in [-0.25, -0.2) is 4.79 Å². The van der Waals surface area contributed by atoms with Crippen molar-refractivity contribution in [2.75, 3.05) is 0 Å². The van der Waals surface area contributed by atoms with Gasteiger partial charge in [-0.1, -0.05) is 37.3 Å². The van der Waals surface area contributed by atoms with E-state index in [-0.39, 0.29) is 13.0 Å². The number of carbonyl (C=O) groups excluding carboxylic acids is 1. The molecule has 0 aromatic heterocycles. The molecule has 1 aromatic rings. The predicted molar refractivity (Wildman–Crippen MR) is 70.7 cm³/mol. The SMILES string of the molecule is CCC(C)(CC(=O)O)NC(=O)OCc1ccccc1. The molecule has 0 radical (unpaired) electrons. The molecule has 19 heavy (non-hydrogen) atoms. The van der Waals surface area contributed by atoms with Gasteiger partial charge in [0.05, 0.1) is 12.0 Å². The molecule has 0 aliphatic carbocycles. The highest BCUT2D eigenvalue weighted by Crippen LogP contribution is 2.14. The van der Waals surface area contributed by atoms with Crippen LogP contribution in [0.2, 0.25) is 0 Å². The second-order valence-corrected chi connectivity index (χ2v) is 4.67. The number of alkyl carbamates (subject to hydrolysis) is 1. The van der Waals surface area contributed by atoms with E-state index in [9.17, 15) is 9.59 Å². The smallest absolute Gasteiger partial charge is 0.407 e. The van der Waals surface area contributed by atoms with Crippen molar-refractivity contribution in [3.63, 3.8) is 0 Å². The number of carbonyl (C=O) groups is 2. The van der Waals surface area contributed by atoms with Crippen molar-refractivity contribution in [2.24, 2.45) is 0 Å². The van der Waals surface area contributed by atoms with Crippen molar-refractivity contribution in [3.8, 4) is 0 Å². The summed E-state index contributed by atoms with van der Waals surface area (Å²) in [6, 6.07) is 9.30. The normalized spacial score (nSPS) is 13.4. The van der Waals surface area contributed by atoms with Crippen molar-refractivity contribution in [1.82, 2.24) is 5.32 Å². The van der Waals surface area contributed by atoms with Crippen LogP contribution in [0.5, 0.6) is 0 Å². The van der Waals surface area contributed by atoms with Gasteiger partial charge in [0, 0.05) is 0 Å². The number of aliphatic carboxylic acids is 1. The summed E-state index contributed by atoms with van der Waals surface area (Å²) < 4.78 is 5.06. The van der Waals surface area contributed by atoms with E-state index in [2.05, 4.69) is 5.32 Å². The molecule has 0 saturated heterocycles. The number of ether oxygens (including phenoxy) is 1. The summed E-state index contributed by atoms with van der Waals surface area (Å²) in [7, 11) is 0. The summed E-state index contributed by atoms with van der Waals surface area (Å²) >= 11 is 0. The van der Waals surface area contributed by atoms with Crippen LogP contribution in [0.1, 0.15) is 32.3 Å². The molecule has 0 heterocycles. The van der Waals surface area contributed by atoms with E-state index >= 15 is 0 Å². The average Bonchev–Trinajstić information content (AvgIpc) is 2.36. The van der Waals surface area contributed by atoms with Crippen LogP contribution in [-0.4, -0.2) is 22.7 Å². The summed E-state index contributed by atoms with van der Waals surface area (Å²) in [4.78, 5) is 22.4. The molecule has 104 valence electrons. The monoisotopic (exact) mass is 265 g/mol. The molecule has 5 nitrogen and oxygen atoms in total. The van der Waals surface area contributed by atoms with E-state index in [1.807, 2.05) is 37.3 Å². The zero-order valence-electron chi connectivity index (χ0n) is 11.2. The van der Waals surface area contributed by atoms with Crippen molar-refractivity contribution in [2.45, 2.75) is 38.8 Å². The number of amides is 1. The first-order valence-electron chi connectivity index (χ1n) is 6.16. The topological polar surface area (TPSA) is 75.6 Å². The van der Waals surface area contributed by atoms with Gasteiger partial charge >= 0.3 is 12.1 Å². The van der Waals surface area contributed by atoms with Crippen molar-refractivity contribution in [1.29, 1.82) is 0 Å². The summed E-state index contributed by atoms with van der Waals surface area (Å²) in [5.41, 5.74) is 0.0914. The van der Waals surface area contributed by atoms with Crippen molar-refractivity contribution < 1.29 is 19.4 Å². The predicted octanol–water partition coefficient (Wildman–Crippen LogP) is 2.56. The van der Waals surface area contributed by atoms with Crippen molar-refractivity contribution >= 4 is 12.1 Å². The molecule has 1 unspecified atom stereocenters. The van der Waals surface area contributed by atoms with Gasteiger partial charge in [0.15, 0.2) is 0 Å². The van der Waals surface area contributed by atoms with Crippen LogP contribution in [0.4, 0.5) is 4.79 Å². The van der Waals surface area contributed by atoms with Crippen LogP contribution in [-0.2, 0) is 16.1 Å². The Balaban J connectivity index is 2.47. The minimum Gasteiger partial charge on any atom is -0.481 e. The minimum atomic E-state index is -0.951. The maximum atomic E-state index is 11.6. The maximum absolute atomic E-state index is 11.6. The van der Waals surface area contributed by atoms with Gasteiger partial charge in [-0.15, -0.1) is 0 Å². The molecule has 2 N–H and O–H groups in total. The lowest BCUT2D eigenvalue weighted by molar-refractivity contribution is -0.138. The maximum Gasteiger partial charge on any atom is 0.407 e. The molecule has 0 spiro atoms. The van der Waals surface area contributed by atoms with Crippen LogP contribution in [0.15, 0.2) is 30.3 Å². The second-order valence-electron chi connectivity index (χ2n) is 4.67. The number of hydrogen-bond donors (Lipinski definition) is 2. The Hall–Kier alpha value is -2.04. The average molecular weight is 265 g/mol. The Morgan fingerprint density at radius 1 is 1.32 bits per heavy atom. The standard InChI is InChI=1S/C14H19NO4/c1-3-14(2,9-12(16)17)15-13(18)19-10-11-7-5-4-6-8-11/h4-8H,3,9-10H2,1-2H3,(H,15,18)(H,16,17). The Kier molecular flexibility index (Phi) is 5.36. The number of carboxylic acids is 1. The first-order valence-corrected chi connectivity index (χ1v) is 6.16. The van der Waals surface area contributed by atoms with Gasteiger partial charge in [-0.05, 0) is 18.9 Å². The molecule has 0 fully saturated rings. The molecular weight excluding hydrogens is 246 g/mol. The molecule has 0 aliphatic rings. The highest BCUT2D eigenvalue weighted by atomic mass is 16.5. The van der Waals surface area contributed by atoms with E-state index in [0.29, 0.717) is 6.42 Å². The van der Waals surface area contributed by atoms with E-state index in [4.69, 9.17) is 9.84 Å². The van der Waals surface area contributed by atoms with Gasteiger partial charge < -0.3 is 15.2 Å². The largest absolute Gasteiger partial charge is 0.481 e. The molecule has 0 aliphatic heterocycles. The highest BCUT2D eigenvalue weighted by molar-refractivity contribution is 5.72. The Labute approximate surface area is 112 Å². The molecule has 1 aromatic carbocycles. The Morgan fingerprint density at radius 2 is 1.95 bits per heavy atom. The van der Waals surface area contributed by atoms with Gasteiger partial charge in [0.2, 0.25) is 0 Å². The third-order valence-corrected chi connectivity index (χ3v) is 2.94. The van der Waals surface area contributed by atoms with E-state index in [1.54, 1.807) is 6.92 Å². The number of rotatable bonds is 6. The molecule has 0 saturated carbocycles. The summed E-state index contributed by atoms with van der Waals surface area (Å²) in [5, 5.41) is 11.4. The van der Waals surface area contributed by atoms with Crippen LogP contribution >= 0.6 is 0 Å². The summed E-state index contributed by atoms with van der Waals surface area (Å²) in [6.07, 6.45) is -0.224. The molecule has 0 bridgehead atoms. The number of benzene rings is 1.